The molecule has 3 aromatic carbocycles. The number of rotatable bonds is 8. The summed E-state index contributed by atoms with van der Waals surface area (Å²) in [4.78, 5) is 12.4. The van der Waals surface area contributed by atoms with Crippen molar-refractivity contribution in [2.24, 2.45) is 0 Å². The second-order valence-electron chi connectivity index (χ2n) is 6.46. The number of aromatic nitrogens is 3. The highest BCUT2D eigenvalue weighted by Crippen LogP contribution is 2.24. The summed E-state index contributed by atoms with van der Waals surface area (Å²) in [5.74, 6) is 2.30. The van der Waals surface area contributed by atoms with Crippen molar-refractivity contribution in [3.8, 4) is 22.9 Å². The zero-order chi connectivity index (χ0) is 21.5. The van der Waals surface area contributed by atoms with Crippen LogP contribution in [0.1, 0.15) is 0 Å². The van der Waals surface area contributed by atoms with E-state index in [0.29, 0.717) is 16.6 Å². The number of hydrogen-bond acceptors (Lipinski definition) is 6. The Morgan fingerprint density at radius 3 is 2.32 bits per heavy atom. The van der Waals surface area contributed by atoms with Crippen LogP contribution in [0.5, 0.6) is 17.2 Å². The minimum Gasteiger partial charge on any atom is -0.497 e. The van der Waals surface area contributed by atoms with E-state index in [1.54, 1.807) is 25.6 Å². The number of hydrogen-bond donors (Lipinski definition) is 1. The van der Waals surface area contributed by atoms with Crippen molar-refractivity contribution in [1.29, 1.82) is 0 Å². The van der Waals surface area contributed by atoms with E-state index in [9.17, 15) is 4.79 Å². The van der Waals surface area contributed by atoms with Crippen LogP contribution in [0.3, 0.4) is 0 Å². The average molecular weight is 433 g/mol. The largest absolute Gasteiger partial charge is 0.497 e. The van der Waals surface area contributed by atoms with Gasteiger partial charge in [-0.2, -0.15) is 0 Å². The molecule has 0 saturated carbocycles. The first-order chi connectivity index (χ1) is 15.2. The zero-order valence-corrected chi connectivity index (χ0v) is 17.6. The van der Waals surface area contributed by atoms with Crippen molar-refractivity contribution in [2.45, 2.75) is 5.16 Å². The molecule has 4 rings (SSSR count). The number of methoxy groups -OCH3 is 1. The Balaban J connectivity index is 1.32. The van der Waals surface area contributed by atoms with Gasteiger partial charge in [0.25, 0.3) is 0 Å². The van der Waals surface area contributed by atoms with Crippen LogP contribution in [0.2, 0.25) is 0 Å². The summed E-state index contributed by atoms with van der Waals surface area (Å²) in [6.45, 7) is 0. The number of nitrogens with zero attached hydrogens (tertiary/aromatic N) is 3. The third-order valence-electron chi connectivity index (χ3n) is 4.32. The first kappa shape index (κ1) is 20.5. The number of benzene rings is 3. The smallest absolute Gasteiger partial charge is 0.234 e. The molecule has 7 nitrogen and oxygen atoms in total. The van der Waals surface area contributed by atoms with Crippen molar-refractivity contribution in [2.75, 3.05) is 18.2 Å². The predicted octanol–water partition coefficient (Wildman–Crippen LogP) is 4.80. The summed E-state index contributed by atoms with van der Waals surface area (Å²) in [5, 5.41) is 11.6. The van der Waals surface area contributed by atoms with Gasteiger partial charge in [0, 0.05) is 11.4 Å². The number of anilines is 1. The minimum absolute atomic E-state index is 0.133. The standard InChI is InChI=1S/C23H20N4O3S/c1-29-19-13-9-18(10-14-19)27-16-24-26-23(27)31-15-22(28)25-17-7-11-21(12-8-17)30-20-5-3-2-4-6-20/h2-14,16H,15H2,1H3,(H,25,28). The summed E-state index contributed by atoms with van der Waals surface area (Å²) >= 11 is 1.31. The lowest BCUT2D eigenvalue weighted by molar-refractivity contribution is -0.113. The predicted molar refractivity (Wildman–Crippen MR) is 120 cm³/mol. The Labute approximate surface area is 184 Å². The second-order valence-corrected chi connectivity index (χ2v) is 7.40. The van der Waals surface area contributed by atoms with Crippen molar-refractivity contribution in [3.05, 3.63) is 85.2 Å². The molecule has 0 aliphatic carbocycles. The van der Waals surface area contributed by atoms with Crippen LogP contribution in [0, 0.1) is 0 Å². The van der Waals surface area contributed by atoms with E-state index in [4.69, 9.17) is 9.47 Å². The van der Waals surface area contributed by atoms with Gasteiger partial charge in [0.15, 0.2) is 5.16 Å². The van der Waals surface area contributed by atoms with Crippen molar-refractivity contribution < 1.29 is 14.3 Å². The lowest BCUT2D eigenvalue weighted by Gasteiger charge is -2.09. The molecule has 1 aromatic heterocycles. The van der Waals surface area contributed by atoms with Gasteiger partial charge in [-0.3, -0.25) is 9.36 Å². The van der Waals surface area contributed by atoms with E-state index in [1.807, 2.05) is 71.3 Å². The molecular weight excluding hydrogens is 412 g/mol. The van der Waals surface area contributed by atoms with E-state index < -0.39 is 0 Å². The Kier molecular flexibility index (Phi) is 6.49. The summed E-state index contributed by atoms with van der Waals surface area (Å²) in [6, 6.07) is 24.3. The highest BCUT2D eigenvalue weighted by molar-refractivity contribution is 7.99. The van der Waals surface area contributed by atoms with Gasteiger partial charge in [-0.05, 0) is 60.7 Å². The minimum atomic E-state index is -0.133. The molecule has 0 fully saturated rings. The van der Waals surface area contributed by atoms with Gasteiger partial charge < -0.3 is 14.8 Å². The number of carbonyl (C=O) groups excluding carboxylic acids is 1. The van der Waals surface area contributed by atoms with E-state index in [-0.39, 0.29) is 11.7 Å². The molecule has 1 N–H and O–H groups in total. The summed E-state index contributed by atoms with van der Waals surface area (Å²) < 4.78 is 12.8. The third kappa shape index (κ3) is 5.43. The molecule has 0 atom stereocenters. The summed E-state index contributed by atoms with van der Waals surface area (Å²) in [5.41, 5.74) is 1.59. The number of amides is 1. The Morgan fingerprint density at radius 1 is 0.935 bits per heavy atom. The van der Waals surface area contributed by atoms with Crippen molar-refractivity contribution in [3.63, 3.8) is 0 Å². The zero-order valence-electron chi connectivity index (χ0n) is 16.8. The van der Waals surface area contributed by atoms with E-state index >= 15 is 0 Å². The van der Waals surface area contributed by atoms with Crippen LogP contribution >= 0.6 is 11.8 Å². The SMILES string of the molecule is COc1ccc(-n2cnnc2SCC(=O)Nc2ccc(Oc3ccccc3)cc2)cc1. The topological polar surface area (TPSA) is 78.3 Å². The van der Waals surface area contributed by atoms with Crippen LogP contribution in [0.25, 0.3) is 5.69 Å². The highest BCUT2D eigenvalue weighted by Gasteiger charge is 2.11. The maximum Gasteiger partial charge on any atom is 0.234 e. The van der Waals surface area contributed by atoms with E-state index in [0.717, 1.165) is 17.2 Å². The van der Waals surface area contributed by atoms with Gasteiger partial charge in [-0.15, -0.1) is 10.2 Å². The molecular formula is C23H20N4O3S. The molecule has 156 valence electrons. The first-order valence-electron chi connectivity index (χ1n) is 9.51. The molecule has 0 spiro atoms. The average Bonchev–Trinajstić information content (AvgIpc) is 3.28. The lowest BCUT2D eigenvalue weighted by Crippen LogP contribution is -2.14. The maximum atomic E-state index is 12.4. The van der Waals surface area contributed by atoms with Gasteiger partial charge in [0.1, 0.15) is 23.6 Å². The fraction of sp³-hybridized carbons (Fsp3) is 0.0870. The molecule has 4 aromatic rings. The summed E-state index contributed by atoms with van der Waals surface area (Å²) in [6.07, 6.45) is 1.62. The number of ether oxygens (including phenoxy) is 2. The van der Waals surface area contributed by atoms with E-state index in [2.05, 4.69) is 15.5 Å². The maximum absolute atomic E-state index is 12.4. The molecule has 0 aliphatic heterocycles. The van der Waals surface area contributed by atoms with Gasteiger partial charge in [-0.25, -0.2) is 0 Å². The van der Waals surface area contributed by atoms with Crippen LogP contribution < -0.4 is 14.8 Å². The van der Waals surface area contributed by atoms with Gasteiger partial charge in [0.2, 0.25) is 5.91 Å². The monoisotopic (exact) mass is 432 g/mol. The fourth-order valence-electron chi connectivity index (χ4n) is 2.80. The lowest BCUT2D eigenvalue weighted by atomic mass is 10.3. The van der Waals surface area contributed by atoms with Gasteiger partial charge >= 0.3 is 0 Å². The highest BCUT2D eigenvalue weighted by atomic mass is 32.2. The Bertz CT molecular complexity index is 1130. The second kappa shape index (κ2) is 9.82. The van der Waals surface area contributed by atoms with Crippen molar-refractivity contribution in [1.82, 2.24) is 14.8 Å². The van der Waals surface area contributed by atoms with Gasteiger partial charge in [0.05, 0.1) is 12.9 Å². The Hall–Kier alpha value is -3.78. The third-order valence-corrected chi connectivity index (χ3v) is 5.26. The number of thioether (sulfide) groups is 1. The molecule has 0 radical (unpaired) electrons. The fourth-order valence-corrected chi connectivity index (χ4v) is 3.53. The Morgan fingerprint density at radius 2 is 1.61 bits per heavy atom. The van der Waals surface area contributed by atoms with Crippen LogP contribution in [0.15, 0.2) is 90.3 Å². The number of para-hydroxylation sites is 1. The van der Waals surface area contributed by atoms with E-state index in [1.165, 1.54) is 11.8 Å². The summed E-state index contributed by atoms with van der Waals surface area (Å²) in [7, 11) is 1.62. The molecule has 0 unspecified atom stereocenters. The number of carbonyl (C=O) groups is 1. The van der Waals surface area contributed by atoms with Gasteiger partial charge in [-0.1, -0.05) is 30.0 Å². The quantitative estimate of drug-likeness (QED) is 0.403. The molecule has 1 amide bonds. The van der Waals surface area contributed by atoms with Crippen LogP contribution in [-0.4, -0.2) is 33.5 Å². The molecule has 0 saturated heterocycles. The van der Waals surface area contributed by atoms with Crippen molar-refractivity contribution >= 4 is 23.4 Å². The van der Waals surface area contributed by atoms with Crippen LogP contribution in [0.4, 0.5) is 5.69 Å². The molecule has 31 heavy (non-hydrogen) atoms. The normalized spacial score (nSPS) is 10.5. The molecule has 1 heterocycles. The number of nitrogens with one attached hydrogen (secondary N) is 1. The molecule has 0 aliphatic rings. The van der Waals surface area contributed by atoms with Crippen LogP contribution in [-0.2, 0) is 4.79 Å². The first-order valence-corrected chi connectivity index (χ1v) is 10.5. The molecule has 0 bridgehead atoms. The molecule has 8 heteroatoms.